The summed E-state index contributed by atoms with van der Waals surface area (Å²) in [7, 11) is 3.24. The van der Waals surface area contributed by atoms with Gasteiger partial charge < -0.3 is 14.8 Å². The first-order valence-electron chi connectivity index (χ1n) is 8.59. The van der Waals surface area contributed by atoms with Gasteiger partial charge in [-0.2, -0.15) is 0 Å². The van der Waals surface area contributed by atoms with E-state index in [0.29, 0.717) is 29.5 Å². The number of ether oxygens (including phenoxy) is 2. The molecule has 0 amide bonds. The van der Waals surface area contributed by atoms with Crippen LogP contribution >= 0.6 is 0 Å². The van der Waals surface area contributed by atoms with Gasteiger partial charge >= 0.3 is 0 Å². The summed E-state index contributed by atoms with van der Waals surface area (Å²) in [6.45, 7) is 2.34. The second kappa shape index (κ2) is 7.56. The summed E-state index contributed by atoms with van der Waals surface area (Å²) in [4.78, 5) is 4.32. The Morgan fingerprint density at radius 2 is 1.83 bits per heavy atom. The summed E-state index contributed by atoms with van der Waals surface area (Å²) >= 11 is 0. The molecule has 3 atom stereocenters. The first kappa shape index (κ1) is 16.6. The van der Waals surface area contributed by atoms with Crippen LogP contribution in [0.25, 0.3) is 0 Å². The van der Waals surface area contributed by atoms with Crippen molar-refractivity contribution in [1.29, 1.82) is 0 Å². The molecule has 128 valence electrons. The van der Waals surface area contributed by atoms with Crippen LogP contribution in [0.1, 0.15) is 37.7 Å². The monoisotopic (exact) mass is 326 g/mol. The lowest BCUT2D eigenvalue weighted by Gasteiger charge is -2.34. The molecule has 3 rings (SSSR count). The second-order valence-electron chi connectivity index (χ2n) is 6.70. The Labute approximate surface area is 144 Å². The van der Waals surface area contributed by atoms with Gasteiger partial charge in [0.05, 0.1) is 26.1 Å². The second-order valence-corrected chi connectivity index (χ2v) is 6.70. The molecular formula is C20H26N2O2. The quantitative estimate of drug-likeness (QED) is 0.879. The SMILES string of the molecule is COc1cc(NC2CC(C)CC(c3ccccc3)C2)cnc1OC. The zero-order chi connectivity index (χ0) is 16.9. The van der Waals surface area contributed by atoms with Crippen molar-refractivity contribution in [3.63, 3.8) is 0 Å². The maximum atomic E-state index is 5.35. The largest absolute Gasteiger partial charge is 0.491 e. The van der Waals surface area contributed by atoms with Crippen LogP contribution in [0.5, 0.6) is 11.6 Å². The molecule has 0 aliphatic heterocycles. The van der Waals surface area contributed by atoms with Crippen molar-refractivity contribution in [2.24, 2.45) is 5.92 Å². The van der Waals surface area contributed by atoms with E-state index in [9.17, 15) is 0 Å². The third-order valence-electron chi connectivity index (χ3n) is 4.82. The fourth-order valence-corrected chi connectivity index (χ4v) is 3.76. The van der Waals surface area contributed by atoms with Gasteiger partial charge in [-0.25, -0.2) is 4.98 Å². The Kier molecular flexibility index (Phi) is 5.24. The van der Waals surface area contributed by atoms with E-state index >= 15 is 0 Å². The van der Waals surface area contributed by atoms with Gasteiger partial charge in [0.2, 0.25) is 0 Å². The Morgan fingerprint density at radius 3 is 2.54 bits per heavy atom. The highest BCUT2D eigenvalue weighted by Crippen LogP contribution is 2.37. The lowest BCUT2D eigenvalue weighted by molar-refractivity contribution is 0.320. The molecule has 0 bridgehead atoms. The van der Waals surface area contributed by atoms with Crippen LogP contribution in [0, 0.1) is 5.92 Å². The highest BCUT2D eigenvalue weighted by atomic mass is 16.5. The average Bonchev–Trinajstić information content (AvgIpc) is 2.62. The lowest BCUT2D eigenvalue weighted by atomic mass is 9.76. The van der Waals surface area contributed by atoms with Crippen LogP contribution in [0.15, 0.2) is 42.6 Å². The molecule has 1 fully saturated rings. The van der Waals surface area contributed by atoms with E-state index < -0.39 is 0 Å². The number of nitrogens with zero attached hydrogens (tertiary/aromatic N) is 1. The van der Waals surface area contributed by atoms with E-state index in [1.807, 2.05) is 12.3 Å². The zero-order valence-electron chi connectivity index (χ0n) is 14.7. The molecule has 1 N–H and O–H groups in total. The molecule has 1 aliphatic carbocycles. The van der Waals surface area contributed by atoms with Crippen LogP contribution < -0.4 is 14.8 Å². The van der Waals surface area contributed by atoms with Gasteiger partial charge in [-0.15, -0.1) is 0 Å². The fourth-order valence-electron chi connectivity index (χ4n) is 3.76. The molecule has 0 spiro atoms. The van der Waals surface area contributed by atoms with E-state index in [-0.39, 0.29) is 0 Å². The number of methoxy groups -OCH3 is 2. The predicted molar refractivity (Wildman–Crippen MR) is 96.9 cm³/mol. The molecule has 1 aliphatic rings. The van der Waals surface area contributed by atoms with Crippen molar-refractivity contribution >= 4 is 5.69 Å². The average molecular weight is 326 g/mol. The molecular weight excluding hydrogens is 300 g/mol. The Balaban J connectivity index is 1.72. The van der Waals surface area contributed by atoms with Crippen molar-refractivity contribution in [1.82, 2.24) is 4.98 Å². The van der Waals surface area contributed by atoms with Crippen molar-refractivity contribution < 1.29 is 9.47 Å². The number of aromatic nitrogens is 1. The molecule has 0 saturated heterocycles. The highest BCUT2D eigenvalue weighted by molar-refractivity contribution is 5.51. The number of nitrogens with one attached hydrogen (secondary N) is 1. The summed E-state index contributed by atoms with van der Waals surface area (Å²) in [6, 6.07) is 13.3. The molecule has 4 heteroatoms. The third-order valence-corrected chi connectivity index (χ3v) is 4.82. The van der Waals surface area contributed by atoms with E-state index in [1.165, 1.54) is 18.4 Å². The molecule has 1 aromatic heterocycles. The minimum absolute atomic E-state index is 0.443. The third kappa shape index (κ3) is 3.81. The molecule has 2 aromatic rings. The standard InChI is InChI=1S/C20H26N2O2/c1-14-9-16(15-7-5-4-6-8-15)11-17(10-14)22-18-12-19(23-2)20(24-3)21-13-18/h4-8,12-14,16-17,22H,9-11H2,1-3H3. The summed E-state index contributed by atoms with van der Waals surface area (Å²) < 4.78 is 10.6. The number of hydrogen-bond acceptors (Lipinski definition) is 4. The fraction of sp³-hybridized carbons (Fsp3) is 0.450. The minimum atomic E-state index is 0.443. The maximum Gasteiger partial charge on any atom is 0.256 e. The molecule has 3 unspecified atom stereocenters. The van der Waals surface area contributed by atoms with Crippen LogP contribution in [-0.4, -0.2) is 25.2 Å². The highest BCUT2D eigenvalue weighted by Gasteiger charge is 2.27. The number of pyridine rings is 1. The molecule has 0 radical (unpaired) electrons. The summed E-state index contributed by atoms with van der Waals surface area (Å²) in [6.07, 6.45) is 5.39. The van der Waals surface area contributed by atoms with E-state index in [0.717, 1.165) is 12.1 Å². The van der Waals surface area contributed by atoms with Gasteiger partial charge in [-0.05, 0) is 36.7 Å². The van der Waals surface area contributed by atoms with Crippen LogP contribution in [0.3, 0.4) is 0 Å². The first-order valence-corrected chi connectivity index (χ1v) is 8.59. The van der Waals surface area contributed by atoms with Crippen LogP contribution in [0.2, 0.25) is 0 Å². The van der Waals surface area contributed by atoms with E-state index in [4.69, 9.17) is 9.47 Å². The molecule has 1 heterocycles. The van der Waals surface area contributed by atoms with Crippen molar-refractivity contribution in [3.05, 3.63) is 48.2 Å². The maximum absolute atomic E-state index is 5.35. The summed E-state index contributed by atoms with van der Waals surface area (Å²) in [5, 5.41) is 3.64. The smallest absolute Gasteiger partial charge is 0.256 e. The number of benzene rings is 1. The number of hydrogen-bond donors (Lipinski definition) is 1. The Bertz CT molecular complexity index is 660. The first-order chi connectivity index (χ1) is 11.7. The Hall–Kier alpha value is -2.23. The number of anilines is 1. The van der Waals surface area contributed by atoms with Gasteiger partial charge in [0.25, 0.3) is 5.88 Å². The van der Waals surface area contributed by atoms with Gasteiger partial charge in [-0.1, -0.05) is 37.3 Å². The Morgan fingerprint density at radius 1 is 1.04 bits per heavy atom. The molecule has 24 heavy (non-hydrogen) atoms. The lowest BCUT2D eigenvalue weighted by Crippen LogP contribution is -2.30. The normalized spacial score (nSPS) is 23.5. The van der Waals surface area contributed by atoms with Gasteiger partial charge in [0.15, 0.2) is 5.75 Å². The van der Waals surface area contributed by atoms with Crippen molar-refractivity contribution in [2.75, 3.05) is 19.5 Å². The van der Waals surface area contributed by atoms with Crippen LogP contribution in [-0.2, 0) is 0 Å². The topological polar surface area (TPSA) is 43.4 Å². The number of rotatable bonds is 5. The molecule has 4 nitrogen and oxygen atoms in total. The molecule has 1 saturated carbocycles. The van der Waals surface area contributed by atoms with Crippen LogP contribution in [0.4, 0.5) is 5.69 Å². The van der Waals surface area contributed by atoms with Crippen molar-refractivity contribution in [3.8, 4) is 11.6 Å². The van der Waals surface area contributed by atoms with Gasteiger partial charge in [-0.3, -0.25) is 0 Å². The van der Waals surface area contributed by atoms with E-state index in [1.54, 1.807) is 14.2 Å². The zero-order valence-corrected chi connectivity index (χ0v) is 14.7. The molecule has 1 aromatic carbocycles. The minimum Gasteiger partial charge on any atom is -0.491 e. The van der Waals surface area contributed by atoms with Crippen molar-refractivity contribution in [2.45, 2.75) is 38.1 Å². The van der Waals surface area contributed by atoms with Gasteiger partial charge in [0, 0.05) is 12.1 Å². The van der Waals surface area contributed by atoms with Gasteiger partial charge in [0.1, 0.15) is 0 Å². The predicted octanol–water partition coefficient (Wildman–Crippen LogP) is 4.48. The van der Waals surface area contributed by atoms with E-state index in [2.05, 4.69) is 47.6 Å². The summed E-state index contributed by atoms with van der Waals surface area (Å²) in [5.74, 6) is 2.49. The summed E-state index contributed by atoms with van der Waals surface area (Å²) in [5.41, 5.74) is 2.43.